The maximum atomic E-state index is 13.8. The Morgan fingerprint density at radius 3 is 1.84 bits per heavy atom. The molecule has 0 atom stereocenters. The lowest BCUT2D eigenvalue weighted by Crippen LogP contribution is -2.54. The van der Waals surface area contributed by atoms with E-state index in [1.54, 1.807) is 26.1 Å². The standard InChI is InChI=1S/C21H19F3N2O6/c1-10-8-12(25-3)4-6-14(10)15-7-5-13(9-16(15)21(22,23)24)26-17(28)20(11(2)27,18(29)30)19(31)32/h4-9,25H,1-3H3,(H,26,28)(H,29,30)(H,31,32). The number of ketones is 1. The van der Waals surface area contributed by atoms with Crippen LogP contribution in [0, 0.1) is 12.3 Å². The summed E-state index contributed by atoms with van der Waals surface area (Å²) in [4.78, 5) is 47.0. The summed E-state index contributed by atoms with van der Waals surface area (Å²) in [6.45, 7) is 2.20. The zero-order valence-electron chi connectivity index (χ0n) is 17.1. The number of halogens is 3. The van der Waals surface area contributed by atoms with Gasteiger partial charge in [-0.25, -0.2) is 9.59 Å². The van der Waals surface area contributed by atoms with Crippen molar-refractivity contribution in [3.8, 4) is 11.1 Å². The van der Waals surface area contributed by atoms with Gasteiger partial charge < -0.3 is 20.8 Å². The molecule has 4 N–H and O–H groups in total. The molecule has 0 bridgehead atoms. The van der Waals surface area contributed by atoms with Crippen LogP contribution in [0.15, 0.2) is 36.4 Å². The first-order valence-electron chi connectivity index (χ1n) is 9.06. The minimum absolute atomic E-state index is 0.204. The SMILES string of the molecule is CNc1ccc(-c2ccc(NC(=O)C(C(C)=O)(C(=O)O)C(=O)O)cc2C(F)(F)F)c(C)c1. The van der Waals surface area contributed by atoms with Crippen molar-refractivity contribution < 1.29 is 42.6 Å². The largest absolute Gasteiger partial charge is 0.480 e. The van der Waals surface area contributed by atoms with Crippen LogP contribution in [-0.4, -0.2) is 40.9 Å². The summed E-state index contributed by atoms with van der Waals surface area (Å²) < 4.78 is 41.3. The van der Waals surface area contributed by atoms with E-state index in [-0.39, 0.29) is 11.1 Å². The molecule has 0 aliphatic carbocycles. The number of anilines is 2. The molecule has 170 valence electrons. The van der Waals surface area contributed by atoms with Gasteiger partial charge in [0.05, 0.1) is 5.56 Å². The molecule has 2 aromatic carbocycles. The van der Waals surface area contributed by atoms with Crippen LogP contribution >= 0.6 is 0 Å². The number of benzene rings is 2. The van der Waals surface area contributed by atoms with E-state index >= 15 is 0 Å². The molecular formula is C21H19F3N2O6. The quantitative estimate of drug-likeness (QED) is 0.473. The third-order valence-corrected chi connectivity index (χ3v) is 4.90. The van der Waals surface area contributed by atoms with Gasteiger partial charge in [0.25, 0.3) is 11.3 Å². The highest BCUT2D eigenvalue weighted by atomic mass is 19.4. The third-order valence-electron chi connectivity index (χ3n) is 4.90. The van der Waals surface area contributed by atoms with E-state index in [0.717, 1.165) is 12.1 Å². The summed E-state index contributed by atoms with van der Waals surface area (Å²) in [6.07, 6.45) is -4.86. The van der Waals surface area contributed by atoms with Crippen molar-refractivity contribution in [3.05, 3.63) is 47.5 Å². The lowest BCUT2D eigenvalue weighted by molar-refractivity contribution is -0.169. The van der Waals surface area contributed by atoms with E-state index in [0.29, 0.717) is 24.2 Å². The van der Waals surface area contributed by atoms with Crippen LogP contribution in [-0.2, 0) is 25.4 Å². The van der Waals surface area contributed by atoms with Gasteiger partial charge in [-0.1, -0.05) is 12.1 Å². The number of hydrogen-bond acceptors (Lipinski definition) is 5. The fourth-order valence-corrected chi connectivity index (χ4v) is 3.18. The maximum absolute atomic E-state index is 13.8. The Balaban J connectivity index is 2.59. The minimum Gasteiger partial charge on any atom is -0.480 e. The molecule has 0 radical (unpaired) electrons. The number of hydrogen-bond donors (Lipinski definition) is 4. The van der Waals surface area contributed by atoms with Gasteiger partial charge in [0.15, 0.2) is 5.78 Å². The summed E-state index contributed by atoms with van der Waals surface area (Å²) in [7, 11) is 1.66. The topological polar surface area (TPSA) is 133 Å². The molecule has 2 rings (SSSR count). The predicted molar refractivity (Wildman–Crippen MR) is 108 cm³/mol. The van der Waals surface area contributed by atoms with E-state index in [1.807, 2.05) is 5.32 Å². The summed E-state index contributed by atoms with van der Waals surface area (Å²) in [5.41, 5.74) is -3.89. The molecule has 11 heteroatoms. The van der Waals surface area contributed by atoms with E-state index in [4.69, 9.17) is 0 Å². The average Bonchev–Trinajstić information content (AvgIpc) is 2.66. The molecule has 0 aliphatic heterocycles. The van der Waals surface area contributed by atoms with Crippen LogP contribution < -0.4 is 10.6 Å². The molecule has 32 heavy (non-hydrogen) atoms. The zero-order chi connectivity index (χ0) is 24.4. The zero-order valence-corrected chi connectivity index (χ0v) is 17.1. The number of aliphatic carboxylic acids is 2. The average molecular weight is 452 g/mol. The molecule has 2 aromatic rings. The highest BCUT2D eigenvalue weighted by molar-refractivity contribution is 6.36. The van der Waals surface area contributed by atoms with Crippen molar-refractivity contribution in [2.24, 2.45) is 5.41 Å². The molecule has 0 spiro atoms. The van der Waals surface area contributed by atoms with Gasteiger partial charge in [0.2, 0.25) is 0 Å². The Kier molecular flexibility index (Phi) is 6.62. The smallest absolute Gasteiger partial charge is 0.417 e. The number of nitrogens with one attached hydrogen (secondary N) is 2. The number of amides is 1. The van der Waals surface area contributed by atoms with Crippen LogP contribution in [0.5, 0.6) is 0 Å². The molecule has 8 nitrogen and oxygen atoms in total. The summed E-state index contributed by atoms with van der Waals surface area (Å²) in [5, 5.41) is 23.1. The van der Waals surface area contributed by atoms with Gasteiger partial charge in [0.1, 0.15) is 0 Å². The first kappa shape index (κ1) is 24.4. The molecule has 0 saturated heterocycles. The molecular weight excluding hydrogens is 433 g/mol. The first-order valence-corrected chi connectivity index (χ1v) is 9.06. The molecule has 0 aromatic heterocycles. The molecule has 0 heterocycles. The summed E-state index contributed by atoms with van der Waals surface area (Å²) in [5.74, 6) is -7.82. The van der Waals surface area contributed by atoms with E-state index in [2.05, 4.69) is 5.32 Å². The molecule has 0 unspecified atom stereocenters. The van der Waals surface area contributed by atoms with Crippen LogP contribution in [0.1, 0.15) is 18.1 Å². The third kappa shape index (κ3) is 4.27. The number of alkyl halides is 3. The number of rotatable bonds is 7. The van der Waals surface area contributed by atoms with Crippen molar-refractivity contribution in [3.63, 3.8) is 0 Å². The molecule has 0 fully saturated rings. The molecule has 0 aliphatic rings. The predicted octanol–water partition coefficient (Wildman–Crippen LogP) is 3.41. The van der Waals surface area contributed by atoms with Crippen molar-refractivity contribution in [1.82, 2.24) is 0 Å². The van der Waals surface area contributed by atoms with Crippen LogP contribution in [0.3, 0.4) is 0 Å². The fraction of sp³-hybridized carbons (Fsp3) is 0.238. The Morgan fingerprint density at radius 1 is 0.875 bits per heavy atom. The summed E-state index contributed by atoms with van der Waals surface area (Å²) >= 11 is 0. The van der Waals surface area contributed by atoms with E-state index in [9.17, 15) is 42.6 Å². The maximum Gasteiger partial charge on any atom is 0.417 e. The van der Waals surface area contributed by atoms with Crippen molar-refractivity contribution in [2.75, 3.05) is 17.7 Å². The number of carboxylic acid groups (broad SMARTS) is 2. The van der Waals surface area contributed by atoms with Gasteiger partial charge in [-0.2, -0.15) is 13.2 Å². The normalized spacial score (nSPS) is 11.6. The van der Waals surface area contributed by atoms with E-state index in [1.165, 1.54) is 6.07 Å². The number of aryl methyl sites for hydroxylation is 1. The lowest BCUT2D eigenvalue weighted by atomic mass is 9.83. The van der Waals surface area contributed by atoms with Gasteiger partial charge in [0, 0.05) is 18.4 Å². The van der Waals surface area contributed by atoms with Crippen molar-refractivity contribution >= 4 is 35.0 Å². The Bertz CT molecular complexity index is 1080. The number of carboxylic acids is 2. The second-order valence-electron chi connectivity index (χ2n) is 6.91. The number of carbonyl (C=O) groups excluding carboxylic acids is 2. The second kappa shape index (κ2) is 8.69. The van der Waals surface area contributed by atoms with Crippen LogP contribution in [0.4, 0.5) is 24.5 Å². The van der Waals surface area contributed by atoms with Crippen molar-refractivity contribution in [2.45, 2.75) is 20.0 Å². The number of carbonyl (C=O) groups is 4. The van der Waals surface area contributed by atoms with Gasteiger partial charge in [-0.15, -0.1) is 0 Å². The lowest BCUT2D eigenvalue weighted by Gasteiger charge is -2.22. The Labute approximate surface area is 180 Å². The van der Waals surface area contributed by atoms with E-state index < -0.39 is 46.5 Å². The van der Waals surface area contributed by atoms with Crippen LogP contribution in [0.2, 0.25) is 0 Å². The van der Waals surface area contributed by atoms with Gasteiger partial charge >= 0.3 is 18.1 Å². The highest BCUT2D eigenvalue weighted by Gasteiger charge is 2.58. The first-order chi connectivity index (χ1) is 14.8. The highest BCUT2D eigenvalue weighted by Crippen LogP contribution is 2.40. The molecule has 1 amide bonds. The van der Waals surface area contributed by atoms with Crippen molar-refractivity contribution in [1.29, 1.82) is 0 Å². The fourth-order valence-electron chi connectivity index (χ4n) is 3.18. The Hall–Kier alpha value is -3.89. The second-order valence-corrected chi connectivity index (χ2v) is 6.91. The minimum atomic E-state index is -4.86. The monoisotopic (exact) mass is 452 g/mol. The van der Waals surface area contributed by atoms with Gasteiger partial charge in [-0.3, -0.25) is 9.59 Å². The molecule has 0 saturated carbocycles. The summed E-state index contributed by atoms with van der Waals surface area (Å²) in [6, 6.07) is 7.39. The van der Waals surface area contributed by atoms with Gasteiger partial charge in [-0.05, 0) is 54.8 Å². The number of Topliss-reactive ketones (excluding diaryl/α,β-unsaturated/α-hetero) is 1. The Morgan fingerprint density at radius 2 is 1.41 bits per heavy atom. The van der Waals surface area contributed by atoms with Crippen LogP contribution in [0.25, 0.3) is 11.1 Å².